The van der Waals surface area contributed by atoms with Gasteiger partial charge >= 0.3 is 0 Å². The number of fused-ring (bicyclic) bond motifs is 2. The van der Waals surface area contributed by atoms with Gasteiger partial charge in [0.15, 0.2) is 0 Å². The second-order valence-electron chi connectivity index (χ2n) is 5.86. The molecule has 2 fully saturated rings. The SMILES string of the molecule is Clc1ccc2c(N3C[C@@H]4CCCN[C@@H]4C3)ccnc2c1. The Morgan fingerprint density at radius 1 is 1.25 bits per heavy atom. The van der Waals surface area contributed by atoms with E-state index in [-0.39, 0.29) is 0 Å². The summed E-state index contributed by atoms with van der Waals surface area (Å²) in [4.78, 5) is 6.94. The first-order valence-electron chi connectivity index (χ1n) is 7.34. The van der Waals surface area contributed by atoms with Crippen molar-refractivity contribution >= 4 is 28.2 Å². The lowest BCUT2D eigenvalue weighted by Crippen LogP contribution is -2.40. The lowest BCUT2D eigenvalue weighted by Gasteiger charge is -2.24. The lowest BCUT2D eigenvalue weighted by atomic mass is 9.94. The van der Waals surface area contributed by atoms with Crippen LogP contribution < -0.4 is 10.2 Å². The van der Waals surface area contributed by atoms with E-state index in [1.807, 2.05) is 18.3 Å². The van der Waals surface area contributed by atoms with E-state index in [0.717, 1.165) is 29.5 Å². The van der Waals surface area contributed by atoms with Crippen LogP contribution in [0.2, 0.25) is 5.02 Å². The maximum Gasteiger partial charge on any atom is 0.0737 e. The number of pyridine rings is 1. The molecule has 3 nitrogen and oxygen atoms in total. The Labute approximate surface area is 123 Å². The van der Waals surface area contributed by atoms with Gasteiger partial charge in [0.25, 0.3) is 0 Å². The standard InChI is InChI=1S/C16H18ClN3/c17-12-3-4-13-14(8-12)19-7-5-16(13)20-9-11-2-1-6-18-15(11)10-20/h3-5,7-8,11,15,18H,1-2,6,9-10H2/t11-,15+/m0/s1. The van der Waals surface area contributed by atoms with Gasteiger partial charge in [0, 0.05) is 41.4 Å². The van der Waals surface area contributed by atoms with Crippen molar-refractivity contribution in [3.8, 4) is 0 Å². The molecule has 0 radical (unpaired) electrons. The summed E-state index contributed by atoms with van der Waals surface area (Å²) < 4.78 is 0. The Morgan fingerprint density at radius 3 is 3.10 bits per heavy atom. The number of halogens is 1. The molecule has 2 aromatic rings. The molecule has 3 heterocycles. The van der Waals surface area contributed by atoms with Crippen LogP contribution in [0.3, 0.4) is 0 Å². The van der Waals surface area contributed by atoms with E-state index in [4.69, 9.17) is 11.6 Å². The van der Waals surface area contributed by atoms with Gasteiger partial charge in [-0.25, -0.2) is 0 Å². The van der Waals surface area contributed by atoms with Crippen LogP contribution in [0.1, 0.15) is 12.8 Å². The molecule has 2 aliphatic heterocycles. The van der Waals surface area contributed by atoms with Crippen LogP contribution in [0.5, 0.6) is 0 Å². The first-order chi connectivity index (χ1) is 9.81. The molecule has 0 saturated carbocycles. The summed E-state index contributed by atoms with van der Waals surface area (Å²) >= 11 is 6.07. The van der Waals surface area contributed by atoms with Gasteiger partial charge in [0.2, 0.25) is 0 Å². The number of nitrogens with zero attached hydrogens (tertiary/aromatic N) is 2. The fourth-order valence-corrected chi connectivity index (χ4v) is 3.79. The number of nitrogens with one attached hydrogen (secondary N) is 1. The molecule has 104 valence electrons. The minimum absolute atomic E-state index is 0.652. The van der Waals surface area contributed by atoms with Crippen molar-refractivity contribution in [1.29, 1.82) is 0 Å². The van der Waals surface area contributed by atoms with Crippen molar-refractivity contribution in [2.45, 2.75) is 18.9 Å². The predicted molar refractivity (Wildman–Crippen MR) is 83.5 cm³/mol. The predicted octanol–water partition coefficient (Wildman–Crippen LogP) is 3.08. The van der Waals surface area contributed by atoms with Crippen molar-refractivity contribution < 1.29 is 0 Å². The number of benzene rings is 1. The molecular formula is C16H18ClN3. The molecule has 0 bridgehead atoms. The highest BCUT2D eigenvalue weighted by Crippen LogP contribution is 2.33. The third-order valence-electron chi connectivity index (χ3n) is 4.62. The minimum Gasteiger partial charge on any atom is -0.369 e. The average molecular weight is 288 g/mol. The van der Waals surface area contributed by atoms with Gasteiger partial charge in [-0.1, -0.05) is 11.6 Å². The van der Waals surface area contributed by atoms with Crippen LogP contribution in [0, 0.1) is 5.92 Å². The van der Waals surface area contributed by atoms with E-state index in [9.17, 15) is 0 Å². The van der Waals surface area contributed by atoms with Gasteiger partial charge in [-0.15, -0.1) is 0 Å². The smallest absolute Gasteiger partial charge is 0.0737 e. The van der Waals surface area contributed by atoms with Gasteiger partial charge in [-0.2, -0.15) is 0 Å². The van der Waals surface area contributed by atoms with Crippen molar-refractivity contribution in [3.63, 3.8) is 0 Å². The number of piperidine rings is 1. The van der Waals surface area contributed by atoms with Crippen LogP contribution in [-0.2, 0) is 0 Å². The number of hydrogen-bond donors (Lipinski definition) is 1. The summed E-state index contributed by atoms with van der Waals surface area (Å²) in [5.41, 5.74) is 2.28. The molecule has 0 unspecified atom stereocenters. The molecule has 0 aliphatic carbocycles. The monoisotopic (exact) mass is 287 g/mol. The molecule has 2 atom stereocenters. The summed E-state index contributed by atoms with van der Waals surface area (Å²) in [6, 6.07) is 8.78. The zero-order valence-corrected chi connectivity index (χ0v) is 12.1. The third kappa shape index (κ3) is 2.05. The fourth-order valence-electron chi connectivity index (χ4n) is 3.63. The Kier molecular flexibility index (Phi) is 3.04. The zero-order chi connectivity index (χ0) is 13.5. The molecule has 1 aromatic carbocycles. The van der Waals surface area contributed by atoms with Crippen molar-refractivity contribution in [1.82, 2.24) is 10.3 Å². The van der Waals surface area contributed by atoms with Crippen LogP contribution >= 0.6 is 11.6 Å². The molecule has 0 spiro atoms. The van der Waals surface area contributed by atoms with Gasteiger partial charge in [-0.05, 0) is 49.6 Å². The van der Waals surface area contributed by atoms with E-state index in [2.05, 4.69) is 27.3 Å². The average Bonchev–Trinajstić information content (AvgIpc) is 2.90. The summed E-state index contributed by atoms with van der Waals surface area (Å²) in [5.74, 6) is 0.791. The van der Waals surface area contributed by atoms with E-state index in [1.54, 1.807) is 0 Å². The van der Waals surface area contributed by atoms with Gasteiger partial charge in [0.05, 0.1) is 5.52 Å². The maximum atomic E-state index is 6.07. The van der Waals surface area contributed by atoms with Crippen LogP contribution in [0.4, 0.5) is 5.69 Å². The first kappa shape index (κ1) is 12.4. The maximum absolute atomic E-state index is 6.07. The highest BCUT2D eigenvalue weighted by Gasteiger charge is 2.34. The quantitative estimate of drug-likeness (QED) is 0.874. The second-order valence-corrected chi connectivity index (χ2v) is 6.30. The molecule has 0 amide bonds. The molecule has 2 aliphatic rings. The Balaban J connectivity index is 1.72. The Bertz CT molecular complexity index is 629. The van der Waals surface area contributed by atoms with Crippen LogP contribution in [-0.4, -0.2) is 30.7 Å². The number of anilines is 1. The van der Waals surface area contributed by atoms with Crippen LogP contribution in [0.25, 0.3) is 10.9 Å². The van der Waals surface area contributed by atoms with Crippen molar-refractivity contribution in [3.05, 3.63) is 35.5 Å². The molecule has 1 aromatic heterocycles. The highest BCUT2D eigenvalue weighted by atomic mass is 35.5. The molecule has 2 saturated heterocycles. The first-order valence-corrected chi connectivity index (χ1v) is 7.72. The highest BCUT2D eigenvalue weighted by molar-refractivity contribution is 6.31. The third-order valence-corrected chi connectivity index (χ3v) is 4.86. The number of rotatable bonds is 1. The van der Waals surface area contributed by atoms with Gasteiger partial charge in [-0.3, -0.25) is 4.98 Å². The van der Waals surface area contributed by atoms with Gasteiger partial charge < -0.3 is 10.2 Å². The fraction of sp³-hybridized carbons (Fsp3) is 0.438. The summed E-state index contributed by atoms with van der Waals surface area (Å²) in [6.45, 7) is 3.42. The van der Waals surface area contributed by atoms with Crippen molar-refractivity contribution in [2.24, 2.45) is 5.92 Å². The number of hydrogen-bond acceptors (Lipinski definition) is 3. The minimum atomic E-state index is 0.652. The topological polar surface area (TPSA) is 28.2 Å². The molecule has 1 N–H and O–H groups in total. The van der Waals surface area contributed by atoms with Crippen LogP contribution in [0.15, 0.2) is 30.5 Å². The Morgan fingerprint density at radius 2 is 2.20 bits per heavy atom. The summed E-state index contributed by atoms with van der Waals surface area (Å²) in [5, 5.41) is 5.61. The summed E-state index contributed by atoms with van der Waals surface area (Å²) in [7, 11) is 0. The molecule has 20 heavy (non-hydrogen) atoms. The summed E-state index contributed by atoms with van der Waals surface area (Å²) in [6.07, 6.45) is 4.55. The zero-order valence-electron chi connectivity index (χ0n) is 11.3. The largest absolute Gasteiger partial charge is 0.369 e. The van der Waals surface area contributed by atoms with E-state index in [0.29, 0.717) is 6.04 Å². The second kappa shape index (κ2) is 4.90. The molecule has 4 rings (SSSR count). The van der Waals surface area contributed by atoms with Crippen molar-refractivity contribution in [2.75, 3.05) is 24.5 Å². The lowest BCUT2D eigenvalue weighted by molar-refractivity contribution is 0.340. The molecule has 4 heteroatoms. The van der Waals surface area contributed by atoms with E-state index in [1.165, 1.54) is 30.5 Å². The Hall–Kier alpha value is -1.32. The normalized spacial score (nSPS) is 25.9. The molecular weight excluding hydrogens is 270 g/mol. The van der Waals surface area contributed by atoms with E-state index < -0.39 is 0 Å². The van der Waals surface area contributed by atoms with E-state index >= 15 is 0 Å². The van der Waals surface area contributed by atoms with Gasteiger partial charge in [0.1, 0.15) is 0 Å². The number of aromatic nitrogens is 1.